The van der Waals surface area contributed by atoms with E-state index < -0.39 is 5.60 Å². The highest BCUT2D eigenvalue weighted by Gasteiger charge is 2.34. The Morgan fingerprint density at radius 3 is 2.68 bits per heavy atom. The summed E-state index contributed by atoms with van der Waals surface area (Å²) < 4.78 is 0. The average Bonchev–Trinajstić information content (AvgIpc) is 2.59. The molecule has 2 fully saturated rings. The molecule has 1 aliphatic heterocycles. The standard InChI is InChI=1S/C20H32N4O/c1-3-21-19(22-15-20(25)11-5-12-20)23-17-6-4-13-24(14-17)18-9-7-16(2)8-10-18/h7-10,17,25H,3-6,11-15H2,1-2H3,(H2,21,22,23). The van der Waals surface area contributed by atoms with Crippen LogP contribution in [0.1, 0.15) is 44.6 Å². The molecule has 1 aromatic carbocycles. The predicted molar refractivity (Wildman–Crippen MR) is 104 cm³/mol. The summed E-state index contributed by atoms with van der Waals surface area (Å²) in [5, 5.41) is 17.2. The summed E-state index contributed by atoms with van der Waals surface area (Å²) in [7, 11) is 0. The van der Waals surface area contributed by atoms with Crippen LogP contribution in [0.5, 0.6) is 0 Å². The summed E-state index contributed by atoms with van der Waals surface area (Å²) in [4.78, 5) is 7.08. The van der Waals surface area contributed by atoms with Gasteiger partial charge in [0.15, 0.2) is 5.96 Å². The number of nitrogens with zero attached hydrogens (tertiary/aromatic N) is 2. The maximum Gasteiger partial charge on any atom is 0.191 e. The van der Waals surface area contributed by atoms with Crippen molar-refractivity contribution in [2.75, 3.05) is 31.1 Å². The van der Waals surface area contributed by atoms with E-state index in [-0.39, 0.29) is 0 Å². The quantitative estimate of drug-likeness (QED) is 0.567. The summed E-state index contributed by atoms with van der Waals surface area (Å²) in [6.45, 7) is 7.62. The SMILES string of the molecule is CCNC(=NCC1(O)CCC1)NC1CCCN(c2ccc(C)cc2)C1. The molecule has 1 aliphatic carbocycles. The Morgan fingerprint density at radius 1 is 1.28 bits per heavy atom. The first-order valence-electron chi connectivity index (χ1n) is 9.67. The summed E-state index contributed by atoms with van der Waals surface area (Å²) in [5.41, 5.74) is 2.02. The second kappa shape index (κ2) is 8.09. The number of aryl methyl sites for hydroxylation is 1. The molecule has 3 N–H and O–H groups in total. The lowest BCUT2D eigenvalue weighted by molar-refractivity contribution is -0.0236. The number of aliphatic hydroxyl groups is 1. The van der Waals surface area contributed by atoms with Gasteiger partial charge in [0, 0.05) is 31.4 Å². The Labute approximate surface area is 151 Å². The van der Waals surface area contributed by atoms with Gasteiger partial charge in [-0.1, -0.05) is 17.7 Å². The van der Waals surface area contributed by atoms with Gasteiger partial charge < -0.3 is 20.6 Å². The highest BCUT2D eigenvalue weighted by Crippen LogP contribution is 2.31. The molecular weight excluding hydrogens is 312 g/mol. The molecule has 0 spiro atoms. The number of rotatable bonds is 5. The number of hydrogen-bond acceptors (Lipinski definition) is 3. The van der Waals surface area contributed by atoms with Crippen molar-refractivity contribution >= 4 is 11.6 Å². The predicted octanol–water partition coefficient (Wildman–Crippen LogP) is 2.43. The Bertz CT molecular complexity index is 580. The topological polar surface area (TPSA) is 59.9 Å². The zero-order valence-electron chi connectivity index (χ0n) is 15.6. The number of nitrogens with one attached hydrogen (secondary N) is 2. The lowest BCUT2D eigenvalue weighted by atomic mass is 9.80. The molecule has 1 heterocycles. The minimum absolute atomic E-state index is 0.379. The van der Waals surface area contributed by atoms with Crippen LogP contribution in [0.3, 0.4) is 0 Å². The summed E-state index contributed by atoms with van der Waals surface area (Å²) >= 11 is 0. The maximum atomic E-state index is 10.3. The molecule has 5 heteroatoms. The molecule has 0 aromatic heterocycles. The lowest BCUT2D eigenvalue weighted by Gasteiger charge is -2.37. The number of hydrogen-bond donors (Lipinski definition) is 3. The van der Waals surface area contributed by atoms with Crippen LogP contribution < -0.4 is 15.5 Å². The van der Waals surface area contributed by atoms with Crippen LogP contribution in [-0.2, 0) is 0 Å². The van der Waals surface area contributed by atoms with Crippen LogP contribution in [0.2, 0.25) is 0 Å². The van der Waals surface area contributed by atoms with Crippen molar-refractivity contribution in [3.05, 3.63) is 29.8 Å². The first kappa shape index (κ1) is 18.1. The van der Waals surface area contributed by atoms with E-state index in [0.29, 0.717) is 12.6 Å². The van der Waals surface area contributed by atoms with Gasteiger partial charge in [-0.25, -0.2) is 0 Å². The maximum absolute atomic E-state index is 10.3. The van der Waals surface area contributed by atoms with Crippen molar-refractivity contribution in [3.8, 4) is 0 Å². The van der Waals surface area contributed by atoms with E-state index in [0.717, 1.165) is 51.3 Å². The van der Waals surface area contributed by atoms with E-state index in [9.17, 15) is 5.11 Å². The van der Waals surface area contributed by atoms with Gasteiger partial charge in [-0.3, -0.25) is 4.99 Å². The number of guanidine groups is 1. The Hall–Kier alpha value is -1.75. The number of piperidine rings is 1. The molecule has 0 bridgehead atoms. The van der Waals surface area contributed by atoms with Crippen LogP contribution in [0.15, 0.2) is 29.3 Å². The fourth-order valence-electron chi connectivity index (χ4n) is 3.57. The van der Waals surface area contributed by atoms with Crippen molar-refractivity contribution < 1.29 is 5.11 Å². The van der Waals surface area contributed by atoms with Gasteiger partial charge >= 0.3 is 0 Å². The van der Waals surface area contributed by atoms with Gasteiger partial charge in [-0.05, 0) is 58.1 Å². The molecule has 5 nitrogen and oxygen atoms in total. The molecule has 25 heavy (non-hydrogen) atoms. The molecular formula is C20H32N4O. The number of anilines is 1. The van der Waals surface area contributed by atoms with Crippen LogP contribution in [-0.4, -0.2) is 48.9 Å². The molecule has 1 saturated carbocycles. The van der Waals surface area contributed by atoms with Gasteiger partial charge in [0.05, 0.1) is 12.1 Å². The van der Waals surface area contributed by atoms with Crippen molar-refractivity contribution in [1.29, 1.82) is 0 Å². The molecule has 1 saturated heterocycles. The third-order valence-corrected chi connectivity index (χ3v) is 5.32. The molecule has 2 aliphatic rings. The zero-order chi connectivity index (χ0) is 17.7. The smallest absolute Gasteiger partial charge is 0.191 e. The third-order valence-electron chi connectivity index (χ3n) is 5.32. The monoisotopic (exact) mass is 344 g/mol. The van der Waals surface area contributed by atoms with Crippen LogP contribution in [0, 0.1) is 6.92 Å². The highest BCUT2D eigenvalue weighted by molar-refractivity contribution is 5.80. The first-order valence-corrected chi connectivity index (χ1v) is 9.67. The van der Waals surface area contributed by atoms with Crippen molar-refractivity contribution in [1.82, 2.24) is 10.6 Å². The minimum Gasteiger partial charge on any atom is -0.388 e. The van der Waals surface area contributed by atoms with Crippen LogP contribution >= 0.6 is 0 Å². The molecule has 0 radical (unpaired) electrons. The Balaban J connectivity index is 1.59. The second-order valence-corrected chi connectivity index (χ2v) is 7.54. The van der Waals surface area contributed by atoms with E-state index in [4.69, 9.17) is 0 Å². The Kier molecular flexibility index (Phi) is 5.84. The molecule has 1 atom stereocenters. The normalized spacial score (nSPS) is 23.1. The summed E-state index contributed by atoms with van der Waals surface area (Å²) in [5.74, 6) is 0.832. The average molecular weight is 345 g/mol. The van der Waals surface area contributed by atoms with Gasteiger partial charge in [0.25, 0.3) is 0 Å². The summed E-state index contributed by atoms with van der Waals surface area (Å²) in [6.07, 6.45) is 5.19. The zero-order valence-corrected chi connectivity index (χ0v) is 15.6. The van der Waals surface area contributed by atoms with Gasteiger partial charge in [-0.15, -0.1) is 0 Å². The van der Waals surface area contributed by atoms with Crippen LogP contribution in [0.4, 0.5) is 5.69 Å². The lowest BCUT2D eigenvalue weighted by Crippen LogP contribution is -2.52. The molecule has 138 valence electrons. The molecule has 1 aromatic rings. The molecule has 3 rings (SSSR count). The van der Waals surface area contributed by atoms with E-state index >= 15 is 0 Å². The second-order valence-electron chi connectivity index (χ2n) is 7.54. The van der Waals surface area contributed by atoms with Gasteiger partial charge in [0.2, 0.25) is 0 Å². The van der Waals surface area contributed by atoms with E-state index in [1.165, 1.54) is 17.7 Å². The largest absolute Gasteiger partial charge is 0.388 e. The minimum atomic E-state index is -0.567. The van der Waals surface area contributed by atoms with Crippen molar-refractivity contribution in [3.63, 3.8) is 0 Å². The Morgan fingerprint density at radius 2 is 2.04 bits per heavy atom. The first-order chi connectivity index (χ1) is 12.1. The fourth-order valence-corrected chi connectivity index (χ4v) is 3.57. The molecule has 1 unspecified atom stereocenters. The van der Waals surface area contributed by atoms with Gasteiger partial charge in [-0.2, -0.15) is 0 Å². The third kappa shape index (κ3) is 4.88. The van der Waals surface area contributed by atoms with E-state index in [1.807, 2.05) is 0 Å². The van der Waals surface area contributed by atoms with Crippen molar-refractivity contribution in [2.24, 2.45) is 4.99 Å². The highest BCUT2D eigenvalue weighted by atomic mass is 16.3. The molecule has 0 amide bonds. The van der Waals surface area contributed by atoms with Crippen LogP contribution in [0.25, 0.3) is 0 Å². The summed E-state index contributed by atoms with van der Waals surface area (Å²) in [6, 6.07) is 9.16. The van der Waals surface area contributed by atoms with Gasteiger partial charge in [0.1, 0.15) is 0 Å². The van der Waals surface area contributed by atoms with E-state index in [1.54, 1.807) is 0 Å². The number of benzene rings is 1. The van der Waals surface area contributed by atoms with Crippen molar-refractivity contribution in [2.45, 2.75) is 57.6 Å². The fraction of sp³-hybridized carbons (Fsp3) is 0.650. The number of aliphatic imine (C=N–C) groups is 1. The van der Waals surface area contributed by atoms with E-state index in [2.05, 4.69) is 58.6 Å².